The molecule has 0 aromatic carbocycles. The molecule has 0 bridgehead atoms. The fraction of sp³-hybridized carbons (Fsp3) is 0.897. The van der Waals surface area contributed by atoms with Gasteiger partial charge >= 0.3 is 48.2 Å². The van der Waals surface area contributed by atoms with Gasteiger partial charge in [-0.3, -0.25) is 14.4 Å². The summed E-state index contributed by atoms with van der Waals surface area (Å²) in [5, 5.41) is 9.27. The first-order chi connectivity index (χ1) is 20.7. The maximum atomic E-state index is 13.7. The van der Waals surface area contributed by atoms with Crippen molar-refractivity contribution in [3.63, 3.8) is 0 Å². The lowest BCUT2D eigenvalue weighted by molar-refractivity contribution is -0.409. The topological polar surface area (TPSA) is 99.1 Å². The van der Waals surface area contributed by atoms with E-state index in [1.165, 1.54) is 55.4 Å². The Hall–Kier alpha value is -2.47. The number of rotatable bonds is 11. The Morgan fingerprint density at radius 1 is 0.542 bits per heavy atom. The average Bonchev–Trinajstić information content (AvgIpc) is 2.82. The van der Waals surface area contributed by atoms with Gasteiger partial charge in [-0.15, -0.1) is 0 Å². The van der Waals surface area contributed by atoms with Crippen molar-refractivity contribution in [1.82, 2.24) is 0 Å². The molecule has 0 spiro atoms. The van der Waals surface area contributed by atoms with E-state index in [1.807, 2.05) is 0 Å². The van der Waals surface area contributed by atoms with Crippen LogP contribution in [0.4, 0.5) is 52.7 Å². The highest BCUT2D eigenvalue weighted by Gasteiger charge is 2.82. The predicted octanol–water partition coefficient (Wildman–Crippen LogP) is 8.80. The van der Waals surface area contributed by atoms with Crippen LogP contribution in [0.2, 0.25) is 0 Å². The molecule has 0 saturated heterocycles. The number of aliphatic hydroxyl groups is 1. The maximum Gasteiger partial charge on any atom is 0.441 e. The molecule has 286 valence electrons. The van der Waals surface area contributed by atoms with Crippen LogP contribution in [0.15, 0.2) is 0 Å². The highest BCUT2D eigenvalue weighted by Crippen LogP contribution is 2.54. The quantitative estimate of drug-likeness (QED) is 0.129. The number of esters is 3. The molecular weight excluding hydrogens is 688 g/mol. The highest BCUT2D eigenvalue weighted by molar-refractivity contribution is 5.77. The zero-order valence-electron chi connectivity index (χ0n) is 28.6. The Kier molecular flexibility index (Phi) is 14.7. The SMILES string of the molecule is CCC(C)(C)C(=O)OC(C)(C)C(O)(C(F)(F)F)C(F)(F)F.CCC(C)(C)C(=O)OC(C)(C)C(OC(=O)CC(C)C)(C(F)(F)F)C(F)(F)F. The molecule has 0 atom stereocenters. The van der Waals surface area contributed by atoms with E-state index in [9.17, 15) is 72.2 Å². The zero-order valence-corrected chi connectivity index (χ0v) is 28.6. The van der Waals surface area contributed by atoms with Crippen LogP contribution in [0.3, 0.4) is 0 Å². The highest BCUT2D eigenvalue weighted by atomic mass is 19.4. The molecule has 0 heterocycles. The summed E-state index contributed by atoms with van der Waals surface area (Å²) in [6.07, 6.45) is -24.7. The molecule has 0 rings (SSSR count). The Balaban J connectivity index is 0. The smallest absolute Gasteiger partial charge is 0.441 e. The summed E-state index contributed by atoms with van der Waals surface area (Å²) >= 11 is 0. The molecule has 0 aromatic heterocycles. The number of alkyl halides is 12. The molecule has 1 N–H and O–H groups in total. The van der Waals surface area contributed by atoms with Crippen molar-refractivity contribution in [3.8, 4) is 0 Å². The number of halogens is 12. The van der Waals surface area contributed by atoms with E-state index in [0.717, 1.165) is 0 Å². The van der Waals surface area contributed by atoms with Crippen molar-refractivity contribution in [2.24, 2.45) is 16.7 Å². The molecule has 0 amide bonds. The fourth-order valence-corrected chi connectivity index (χ4v) is 3.65. The molecule has 7 nitrogen and oxygen atoms in total. The minimum atomic E-state index is -6.09. The molecule has 0 radical (unpaired) electrons. The van der Waals surface area contributed by atoms with Crippen LogP contribution in [0, 0.1) is 16.7 Å². The monoisotopic (exact) mass is 732 g/mol. The largest absolute Gasteiger partial charge is 0.455 e. The van der Waals surface area contributed by atoms with Crippen LogP contribution in [0.5, 0.6) is 0 Å². The van der Waals surface area contributed by atoms with Gasteiger partial charge < -0.3 is 19.3 Å². The van der Waals surface area contributed by atoms with Crippen LogP contribution >= 0.6 is 0 Å². The third kappa shape index (κ3) is 10.0. The van der Waals surface area contributed by atoms with Crippen LogP contribution < -0.4 is 0 Å². The molecule has 0 aliphatic carbocycles. The lowest BCUT2D eigenvalue weighted by Crippen LogP contribution is -2.72. The van der Waals surface area contributed by atoms with Gasteiger partial charge in [0, 0.05) is 6.42 Å². The van der Waals surface area contributed by atoms with Crippen LogP contribution in [0.1, 0.15) is 102 Å². The molecule has 0 saturated carbocycles. The van der Waals surface area contributed by atoms with Crippen molar-refractivity contribution < 1.29 is 86.4 Å². The third-order valence-corrected chi connectivity index (χ3v) is 7.75. The van der Waals surface area contributed by atoms with Crippen molar-refractivity contribution in [1.29, 1.82) is 0 Å². The molecule has 0 aliphatic rings. The second kappa shape index (κ2) is 14.8. The van der Waals surface area contributed by atoms with Crippen molar-refractivity contribution in [2.45, 2.75) is 149 Å². The van der Waals surface area contributed by atoms with E-state index in [2.05, 4.69) is 14.2 Å². The van der Waals surface area contributed by atoms with Gasteiger partial charge in [-0.05, 0) is 74.1 Å². The van der Waals surface area contributed by atoms with E-state index < -0.39 is 88.2 Å². The molecule has 0 aliphatic heterocycles. The number of carbonyl (C=O) groups is 3. The lowest BCUT2D eigenvalue weighted by Gasteiger charge is -2.46. The van der Waals surface area contributed by atoms with E-state index in [4.69, 9.17) is 0 Å². The second-order valence-electron chi connectivity index (χ2n) is 13.7. The zero-order chi connectivity index (χ0) is 39.6. The average molecular weight is 733 g/mol. The van der Waals surface area contributed by atoms with Crippen LogP contribution in [-0.4, -0.2) is 70.1 Å². The first kappa shape index (κ1) is 47.6. The number of carbonyl (C=O) groups excluding carboxylic acids is 3. The summed E-state index contributed by atoms with van der Waals surface area (Å²) in [4.78, 5) is 35.7. The molecule has 0 fully saturated rings. The van der Waals surface area contributed by atoms with Gasteiger partial charge in [0.1, 0.15) is 0 Å². The fourth-order valence-electron chi connectivity index (χ4n) is 3.65. The summed E-state index contributed by atoms with van der Waals surface area (Å²) in [5.74, 6) is -4.77. The molecule has 48 heavy (non-hydrogen) atoms. The summed E-state index contributed by atoms with van der Waals surface area (Å²) < 4.78 is 172. The van der Waals surface area contributed by atoms with Gasteiger partial charge in [-0.1, -0.05) is 27.7 Å². The Labute approximate surface area is 271 Å². The second-order valence-corrected chi connectivity index (χ2v) is 13.7. The summed E-state index contributed by atoms with van der Waals surface area (Å²) in [7, 11) is 0. The van der Waals surface area contributed by atoms with Crippen molar-refractivity contribution >= 4 is 17.9 Å². The van der Waals surface area contributed by atoms with E-state index >= 15 is 0 Å². The maximum absolute atomic E-state index is 13.7. The Bertz CT molecular complexity index is 1090. The standard InChI is InChI=1S/C17H26F6O4.C12H18F6O3/c1-8-13(4,5)12(25)27-14(6,7)15(16(18,19)20,17(21,22)23)26-11(24)9-10(2)3;1-6-8(2,3)7(19)21-9(4,5)10(20,11(13,14)15)12(16,17)18/h10H,8-9H2,1-7H3;20H,6H2,1-5H3. The third-order valence-electron chi connectivity index (χ3n) is 7.75. The molecular formula is C29H44F12O7. The van der Waals surface area contributed by atoms with Crippen molar-refractivity contribution in [2.75, 3.05) is 0 Å². The first-order valence-corrected chi connectivity index (χ1v) is 14.4. The lowest BCUT2D eigenvalue weighted by atomic mass is 9.82. The Morgan fingerprint density at radius 2 is 0.833 bits per heavy atom. The summed E-state index contributed by atoms with van der Waals surface area (Å²) in [6, 6.07) is 0. The number of hydrogen-bond donors (Lipinski definition) is 1. The van der Waals surface area contributed by atoms with E-state index in [1.54, 1.807) is 0 Å². The first-order valence-electron chi connectivity index (χ1n) is 14.4. The van der Waals surface area contributed by atoms with Crippen LogP contribution in [-0.2, 0) is 28.6 Å². The number of hydrogen-bond acceptors (Lipinski definition) is 7. The Morgan fingerprint density at radius 3 is 1.06 bits per heavy atom. The van der Waals surface area contributed by atoms with E-state index in [-0.39, 0.29) is 12.8 Å². The van der Waals surface area contributed by atoms with Gasteiger partial charge in [0.05, 0.1) is 10.8 Å². The van der Waals surface area contributed by atoms with Crippen LogP contribution in [0.25, 0.3) is 0 Å². The normalized spacial score (nSPS) is 14.6. The van der Waals surface area contributed by atoms with Crippen molar-refractivity contribution in [3.05, 3.63) is 0 Å². The minimum absolute atomic E-state index is 0.111. The minimum Gasteiger partial charge on any atom is -0.455 e. The summed E-state index contributed by atoms with van der Waals surface area (Å²) in [6.45, 7) is 12.8. The van der Waals surface area contributed by atoms with E-state index in [0.29, 0.717) is 27.7 Å². The van der Waals surface area contributed by atoms with Gasteiger partial charge in [0.25, 0.3) is 5.60 Å². The molecule has 0 aromatic rings. The molecule has 0 unspecified atom stereocenters. The molecule has 19 heteroatoms. The van der Waals surface area contributed by atoms with Gasteiger partial charge in [-0.25, -0.2) is 0 Å². The predicted molar refractivity (Wildman–Crippen MR) is 146 cm³/mol. The van der Waals surface area contributed by atoms with Gasteiger partial charge in [0.2, 0.25) is 0 Å². The number of ether oxygens (including phenoxy) is 3. The summed E-state index contributed by atoms with van der Waals surface area (Å²) in [5.41, 5.74) is -19.3. The van der Waals surface area contributed by atoms with Gasteiger partial charge in [-0.2, -0.15) is 52.7 Å². The van der Waals surface area contributed by atoms with Gasteiger partial charge in [0.15, 0.2) is 11.2 Å².